The van der Waals surface area contributed by atoms with Gasteiger partial charge in [-0.3, -0.25) is 4.79 Å². The highest BCUT2D eigenvalue weighted by Gasteiger charge is 2.12. The summed E-state index contributed by atoms with van der Waals surface area (Å²) in [5, 5.41) is 6.93. The van der Waals surface area contributed by atoms with Gasteiger partial charge in [-0.25, -0.2) is 0 Å². The lowest BCUT2D eigenvalue weighted by molar-refractivity contribution is 0.938. The summed E-state index contributed by atoms with van der Waals surface area (Å²) in [5.41, 5.74) is 0.773. The molecule has 0 saturated heterocycles. The minimum Gasteiger partial charge on any atom is -0.266 e. The normalized spacial score (nSPS) is 12.3. The van der Waals surface area contributed by atoms with Crippen LogP contribution in [0.5, 0.6) is 0 Å². The molecule has 3 aromatic heterocycles. The molecule has 1 aromatic carbocycles. The van der Waals surface area contributed by atoms with Gasteiger partial charge in [-0.15, -0.1) is 16.4 Å². The fourth-order valence-electron chi connectivity index (χ4n) is 2.05. The molecule has 22 heavy (non-hydrogen) atoms. The van der Waals surface area contributed by atoms with E-state index in [-0.39, 0.29) is 5.56 Å². The maximum absolute atomic E-state index is 12.4. The van der Waals surface area contributed by atoms with Crippen LogP contribution in [0, 0.1) is 0 Å². The number of benzene rings is 1. The number of thiophene rings is 1. The van der Waals surface area contributed by atoms with Gasteiger partial charge in [0.2, 0.25) is 4.96 Å². The second-order valence-electron chi connectivity index (χ2n) is 4.57. The van der Waals surface area contributed by atoms with Crippen LogP contribution in [-0.2, 0) is 0 Å². The molecule has 0 unspecified atom stereocenters. The summed E-state index contributed by atoms with van der Waals surface area (Å²) in [6.07, 6.45) is 1.82. The Hall–Kier alpha value is -2.02. The quantitative estimate of drug-likeness (QED) is 0.561. The summed E-state index contributed by atoms with van der Waals surface area (Å²) >= 11 is 8.75. The van der Waals surface area contributed by atoms with Gasteiger partial charge in [-0.05, 0) is 35.2 Å². The van der Waals surface area contributed by atoms with Crippen LogP contribution in [0.3, 0.4) is 0 Å². The zero-order valence-corrected chi connectivity index (χ0v) is 13.5. The van der Waals surface area contributed by atoms with Gasteiger partial charge >= 0.3 is 0 Å². The molecule has 7 heteroatoms. The van der Waals surface area contributed by atoms with Crippen molar-refractivity contribution in [2.24, 2.45) is 0 Å². The molecule has 0 aliphatic rings. The number of fused-ring (bicyclic) bond motifs is 1. The molecule has 3 heterocycles. The average Bonchev–Trinajstić information content (AvgIpc) is 3.20. The fourth-order valence-corrected chi connectivity index (χ4v) is 3.74. The van der Waals surface area contributed by atoms with Gasteiger partial charge < -0.3 is 0 Å². The number of thiazole rings is 1. The third-order valence-corrected chi connectivity index (χ3v) is 5.17. The highest BCUT2D eigenvalue weighted by atomic mass is 35.5. The van der Waals surface area contributed by atoms with E-state index < -0.39 is 0 Å². The number of aromatic nitrogens is 3. The van der Waals surface area contributed by atoms with Gasteiger partial charge in [0, 0.05) is 5.02 Å². The maximum atomic E-state index is 12.4. The standard InChI is InChI=1S/C15H8ClN3OS2/c16-10-5-3-9(4-6-10)8-12-14(20)19-15(22-12)17-13(18-19)11-2-1-7-21-11/h1-8H/b12-8+. The molecule has 0 radical (unpaired) electrons. The van der Waals surface area contributed by atoms with Gasteiger partial charge in [-0.2, -0.15) is 9.50 Å². The molecule has 108 valence electrons. The summed E-state index contributed by atoms with van der Waals surface area (Å²) in [6.45, 7) is 0. The largest absolute Gasteiger partial charge is 0.291 e. The predicted molar refractivity (Wildman–Crippen MR) is 90.7 cm³/mol. The van der Waals surface area contributed by atoms with Gasteiger partial charge in [0.1, 0.15) is 0 Å². The molecule has 0 N–H and O–H groups in total. The van der Waals surface area contributed by atoms with Crippen LogP contribution in [0.4, 0.5) is 0 Å². The molecule has 4 rings (SSSR count). The van der Waals surface area contributed by atoms with Crippen molar-refractivity contribution in [2.75, 3.05) is 0 Å². The Morgan fingerprint density at radius 2 is 2.00 bits per heavy atom. The SMILES string of the molecule is O=c1/c(=C\c2ccc(Cl)cc2)sc2nc(-c3cccs3)nn12. The molecule has 4 aromatic rings. The summed E-state index contributed by atoms with van der Waals surface area (Å²) < 4.78 is 1.97. The number of hydrogen-bond donors (Lipinski definition) is 0. The molecule has 4 nitrogen and oxygen atoms in total. The molecule has 0 aliphatic carbocycles. The van der Waals surface area contributed by atoms with Crippen LogP contribution < -0.4 is 10.1 Å². The van der Waals surface area contributed by atoms with Gasteiger partial charge in [0.15, 0.2) is 5.82 Å². The number of halogens is 1. The van der Waals surface area contributed by atoms with Crippen molar-refractivity contribution in [3.63, 3.8) is 0 Å². The molecule has 0 fully saturated rings. The molecule has 0 amide bonds. The first-order valence-corrected chi connectivity index (χ1v) is 8.49. The lowest BCUT2D eigenvalue weighted by Gasteiger charge is -1.91. The number of rotatable bonds is 2. The van der Waals surface area contributed by atoms with E-state index >= 15 is 0 Å². The molecule has 0 aliphatic heterocycles. The van der Waals surface area contributed by atoms with E-state index in [1.165, 1.54) is 15.9 Å². The van der Waals surface area contributed by atoms with Gasteiger partial charge in [0.25, 0.3) is 5.56 Å². The second kappa shape index (κ2) is 5.31. The Kier molecular flexibility index (Phi) is 3.29. The van der Waals surface area contributed by atoms with E-state index in [0.717, 1.165) is 10.4 Å². The first kappa shape index (κ1) is 13.6. The van der Waals surface area contributed by atoms with Crippen molar-refractivity contribution in [3.8, 4) is 10.7 Å². The van der Waals surface area contributed by atoms with Crippen LogP contribution in [0.1, 0.15) is 5.56 Å². The molecular formula is C15H8ClN3OS2. The first-order chi connectivity index (χ1) is 10.7. The molecule has 0 atom stereocenters. The second-order valence-corrected chi connectivity index (χ2v) is 6.97. The fraction of sp³-hybridized carbons (Fsp3) is 0. The smallest absolute Gasteiger partial charge is 0.266 e. The summed E-state index contributed by atoms with van der Waals surface area (Å²) in [7, 11) is 0. The van der Waals surface area contributed by atoms with Crippen LogP contribution in [0.2, 0.25) is 5.02 Å². The Balaban J connectivity index is 1.84. The first-order valence-electron chi connectivity index (χ1n) is 6.41. The van der Waals surface area contributed by atoms with Crippen molar-refractivity contribution in [1.82, 2.24) is 14.6 Å². The minimum atomic E-state index is -0.148. The minimum absolute atomic E-state index is 0.148. The van der Waals surface area contributed by atoms with E-state index in [2.05, 4.69) is 10.1 Å². The zero-order chi connectivity index (χ0) is 15.1. The summed E-state index contributed by atoms with van der Waals surface area (Å²) in [6, 6.07) is 11.2. The predicted octanol–water partition coefficient (Wildman–Crippen LogP) is 3.08. The Morgan fingerprint density at radius 1 is 1.18 bits per heavy atom. The van der Waals surface area contributed by atoms with Crippen LogP contribution in [0.15, 0.2) is 46.6 Å². The van der Waals surface area contributed by atoms with Crippen molar-refractivity contribution in [3.05, 3.63) is 67.3 Å². The topological polar surface area (TPSA) is 47.3 Å². The van der Waals surface area contributed by atoms with Gasteiger partial charge in [-0.1, -0.05) is 41.1 Å². The van der Waals surface area contributed by atoms with E-state index in [9.17, 15) is 4.79 Å². The van der Waals surface area contributed by atoms with Crippen molar-refractivity contribution in [2.45, 2.75) is 0 Å². The third kappa shape index (κ3) is 2.35. The van der Waals surface area contributed by atoms with Gasteiger partial charge in [0.05, 0.1) is 9.41 Å². The van der Waals surface area contributed by atoms with Crippen molar-refractivity contribution >= 4 is 45.3 Å². The Bertz CT molecular complexity index is 1050. The van der Waals surface area contributed by atoms with E-state index in [1.54, 1.807) is 23.5 Å². The molecule has 0 saturated carbocycles. The Morgan fingerprint density at radius 3 is 2.68 bits per heavy atom. The van der Waals surface area contributed by atoms with E-state index in [1.807, 2.05) is 35.7 Å². The monoisotopic (exact) mass is 345 g/mol. The van der Waals surface area contributed by atoms with E-state index in [4.69, 9.17) is 11.6 Å². The molecule has 0 bridgehead atoms. The number of nitrogens with zero attached hydrogens (tertiary/aromatic N) is 3. The number of hydrogen-bond acceptors (Lipinski definition) is 5. The third-order valence-electron chi connectivity index (χ3n) is 3.09. The van der Waals surface area contributed by atoms with E-state index in [0.29, 0.717) is 20.3 Å². The highest BCUT2D eigenvalue weighted by molar-refractivity contribution is 7.15. The molecular weight excluding hydrogens is 338 g/mol. The molecule has 0 spiro atoms. The zero-order valence-electron chi connectivity index (χ0n) is 11.1. The summed E-state index contributed by atoms with van der Waals surface area (Å²) in [5.74, 6) is 0.594. The van der Waals surface area contributed by atoms with Crippen molar-refractivity contribution < 1.29 is 0 Å². The van der Waals surface area contributed by atoms with Crippen LogP contribution in [0.25, 0.3) is 21.7 Å². The lowest BCUT2D eigenvalue weighted by Crippen LogP contribution is -2.23. The van der Waals surface area contributed by atoms with Crippen LogP contribution in [-0.4, -0.2) is 14.6 Å². The van der Waals surface area contributed by atoms with Crippen molar-refractivity contribution in [1.29, 1.82) is 0 Å². The Labute approximate surface area is 137 Å². The average molecular weight is 346 g/mol. The highest BCUT2D eigenvalue weighted by Crippen LogP contribution is 2.21. The summed E-state index contributed by atoms with van der Waals surface area (Å²) in [4.78, 5) is 18.4. The lowest BCUT2D eigenvalue weighted by atomic mass is 10.2. The maximum Gasteiger partial charge on any atom is 0.291 e. The van der Waals surface area contributed by atoms with Crippen LogP contribution >= 0.6 is 34.3 Å².